The van der Waals surface area contributed by atoms with Crippen LogP contribution in [0.1, 0.15) is 81.1 Å². The SMILES string of the molecule is CC.CC.Cc1nc2c(n(C)c1=O)CCC2.Cc1nc2c(n(C)c1=O)CCCC2. The van der Waals surface area contributed by atoms with E-state index in [9.17, 15) is 9.59 Å². The lowest BCUT2D eigenvalue weighted by Crippen LogP contribution is -2.27. The molecule has 2 heterocycles. The normalized spacial score (nSPS) is 13.5. The van der Waals surface area contributed by atoms with Crippen LogP contribution in [0.3, 0.4) is 0 Å². The highest BCUT2D eigenvalue weighted by Crippen LogP contribution is 2.18. The van der Waals surface area contributed by atoms with Crippen molar-refractivity contribution < 1.29 is 0 Å². The van der Waals surface area contributed by atoms with Gasteiger partial charge in [-0.05, 0) is 58.8 Å². The first-order chi connectivity index (χ1) is 13.9. The van der Waals surface area contributed by atoms with Crippen LogP contribution in [0, 0.1) is 13.8 Å². The number of hydrogen-bond acceptors (Lipinski definition) is 4. The molecule has 29 heavy (non-hydrogen) atoms. The van der Waals surface area contributed by atoms with Gasteiger partial charge in [0.2, 0.25) is 0 Å². The summed E-state index contributed by atoms with van der Waals surface area (Å²) in [6.45, 7) is 11.6. The summed E-state index contributed by atoms with van der Waals surface area (Å²) in [5.41, 5.74) is 5.88. The third kappa shape index (κ3) is 5.64. The molecule has 0 fully saturated rings. The minimum atomic E-state index is 0.0515. The van der Waals surface area contributed by atoms with Gasteiger partial charge in [-0.25, -0.2) is 0 Å². The number of nitrogens with zero attached hydrogens (tertiary/aromatic N) is 4. The molecule has 0 spiro atoms. The van der Waals surface area contributed by atoms with Gasteiger partial charge in [0.05, 0.1) is 11.4 Å². The van der Waals surface area contributed by atoms with E-state index in [0.717, 1.165) is 54.9 Å². The van der Waals surface area contributed by atoms with E-state index in [-0.39, 0.29) is 11.1 Å². The van der Waals surface area contributed by atoms with Gasteiger partial charge in [0.25, 0.3) is 11.1 Å². The highest BCUT2D eigenvalue weighted by molar-refractivity contribution is 5.20. The van der Waals surface area contributed by atoms with Crippen molar-refractivity contribution >= 4 is 0 Å². The van der Waals surface area contributed by atoms with E-state index >= 15 is 0 Å². The Balaban J connectivity index is 0.000000248. The van der Waals surface area contributed by atoms with Crippen molar-refractivity contribution in [2.24, 2.45) is 14.1 Å². The molecule has 4 rings (SSSR count). The summed E-state index contributed by atoms with van der Waals surface area (Å²) in [6, 6.07) is 0. The Labute approximate surface area is 175 Å². The predicted octanol–water partition coefficient (Wildman–Crippen LogP) is 3.60. The number of aryl methyl sites for hydroxylation is 4. The van der Waals surface area contributed by atoms with Gasteiger partial charge in [0, 0.05) is 25.5 Å². The third-order valence-electron chi connectivity index (χ3n) is 5.21. The summed E-state index contributed by atoms with van der Waals surface area (Å²) in [5, 5.41) is 0. The lowest BCUT2D eigenvalue weighted by molar-refractivity contribution is 0.599. The second-order valence-electron chi connectivity index (χ2n) is 6.97. The van der Waals surface area contributed by atoms with Crippen molar-refractivity contribution in [1.82, 2.24) is 19.1 Å². The van der Waals surface area contributed by atoms with Crippen molar-refractivity contribution in [2.45, 2.75) is 86.5 Å². The molecule has 0 aliphatic heterocycles. The third-order valence-corrected chi connectivity index (χ3v) is 5.21. The van der Waals surface area contributed by atoms with E-state index in [4.69, 9.17) is 0 Å². The Morgan fingerprint density at radius 1 is 0.621 bits per heavy atom. The Morgan fingerprint density at radius 3 is 1.41 bits per heavy atom. The average Bonchev–Trinajstić information content (AvgIpc) is 3.22. The molecule has 0 amide bonds. The van der Waals surface area contributed by atoms with Gasteiger partial charge in [0.15, 0.2) is 0 Å². The summed E-state index contributed by atoms with van der Waals surface area (Å²) < 4.78 is 3.50. The molecule has 0 unspecified atom stereocenters. The molecule has 0 saturated heterocycles. The first kappa shape index (κ1) is 24.8. The molecular weight excluding hydrogens is 364 g/mol. The number of fused-ring (bicyclic) bond motifs is 2. The standard InChI is InChI=1S/C10H14N2O.C9H12N2O.2C2H6/c1-7-10(13)12(2)9-6-4-3-5-8(9)11-7;1-6-9(12)11(2)8-5-3-4-7(8)10-6;2*1-2/h3-6H2,1-2H3;3-5H2,1-2H3;2*1-2H3. The molecular formula is C23H38N4O2. The molecule has 2 aromatic heterocycles. The molecule has 0 atom stereocenters. The summed E-state index contributed by atoms with van der Waals surface area (Å²) in [5.74, 6) is 0. The first-order valence-corrected chi connectivity index (χ1v) is 11.0. The van der Waals surface area contributed by atoms with Crippen LogP contribution in [0.15, 0.2) is 9.59 Å². The van der Waals surface area contributed by atoms with Crippen LogP contribution < -0.4 is 11.1 Å². The van der Waals surface area contributed by atoms with Crippen LogP contribution in [0.4, 0.5) is 0 Å². The van der Waals surface area contributed by atoms with Gasteiger partial charge >= 0.3 is 0 Å². The molecule has 2 aliphatic rings. The zero-order chi connectivity index (χ0) is 22.1. The van der Waals surface area contributed by atoms with E-state index < -0.39 is 0 Å². The predicted molar refractivity (Wildman–Crippen MR) is 120 cm³/mol. The van der Waals surface area contributed by atoms with Gasteiger partial charge in [-0.3, -0.25) is 19.6 Å². The van der Waals surface area contributed by atoms with Crippen molar-refractivity contribution in [2.75, 3.05) is 0 Å². The summed E-state index contributed by atoms with van der Waals surface area (Å²) in [6.07, 6.45) is 7.61. The fraction of sp³-hybridized carbons (Fsp3) is 0.652. The Morgan fingerprint density at radius 2 is 0.966 bits per heavy atom. The first-order valence-electron chi connectivity index (χ1n) is 11.0. The average molecular weight is 403 g/mol. The highest BCUT2D eigenvalue weighted by Gasteiger charge is 2.17. The number of aromatic nitrogens is 4. The van der Waals surface area contributed by atoms with E-state index in [2.05, 4.69) is 9.97 Å². The molecule has 0 aromatic carbocycles. The van der Waals surface area contributed by atoms with Crippen LogP contribution in [0.5, 0.6) is 0 Å². The Hall–Kier alpha value is -2.24. The van der Waals surface area contributed by atoms with Crippen LogP contribution in [-0.4, -0.2) is 19.1 Å². The van der Waals surface area contributed by atoms with E-state index in [1.807, 2.05) is 41.8 Å². The van der Waals surface area contributed by atoms with Crippen LogP contribution in [0.2, 0.25) is 0 Å². The van der Waals surface area contributed by atoms with Crippen molar-refractivity contribution in [1.29, 1.82) is 0 Å². The summed E-state index contributed by atoms with van der Waals surface area (Å²) in [4.78, 5) is 31.6. The lowest BCUT2D eigenvalue weighted by Gasteiger charge is -2.18. The van der Waals surface area contributed by atoms with Gasteiger partial charge < -0.3 is 9.13 Å². The quantitative estimate of drug-likeness (QED) is 0.675. The van der Waals surface area contributed by atoms with E-state index in [1.54, 1.807) is 23.0 Å². The van der Waals surface area contributed by atoms with Crippen LogP contribution in [0.25, 0.3) is 0 Å². The fourth-order valence-corrected chi connectivity index (χ4v) is 3.78. The molecule has 0 bridgehead atoms. The second kappa shape index (κ2) is 11.7. The van der Waals surface area contributed by atoms with Gasteiger partial charge in [-0.15, -0.1) is 0 Å². The maximum atomic E-state index is 11.5. The van der Waals surface area contributed by atoms with E-state index in [1.165, 1.54) is 12.8 Å². The maximum absolute atomic E-state index is 11.5. The Bertz CT molecular complexity index is 926. The number of hydrogen-bond donors (Lipinski definition) is 0. The molecule has 0 saturated carbocycles. The van der Waals surface area contributed by atoms with E-state index in [0.29, 0.717) is 11.4 Å². The number of rotatable bonds is 0. The zero-order valence-electron chi connectivity index (χ0n) is 19.6. The second-order valence-corrected chi connectivity index (χ2v) is 6.97. The summed E-state index contributed by atoms with van der Waals surface area (Å²) in [7, 11) is 3.68. The van der Waals surface area contributed by atoms with Crippen molar-refractivity contribution in [3.8, 4) is 0 Å². The largest absolute Gasteiger partial charge is 0.312 e. The van der Waals surface area contributed by atoms with Crippen LogP contribution >= 0.6 is 0 Å². The highest BCUT2D eigenvalue weighted by atomic mass is 16.1. The molecule has 2 aromatic rings. The maximum Gasteiger partial charge on any atom is 0.271 e. The zero-order valence-corrected chi connectivity index (χ0v) is 19.6. The van der Waals surface area contributed by atoms with Gasteiger partial charge in [0.1, 0.15) is 11.4 Å². The topological polar surface area (TPSA) is 69.8 Å². The summed E-state index contributed by atoms with van der Waals surface area (Å²) >= 11 is 0. The molecule has 6 heteroatoms. The lowest BCUT2D eigenvalue weighted by atomic mass is 10.00. The van der Waals surface area contributed by atoms with Crippen LogP contribution in [-0.2, 0) is 39.8 Å². The smallest absolute Gasteiger partial charge is 0.271 e. The molecule has 0 N–H and O–H groups in total. The monoisotopic (exact) mass is 402 g/mol. The molecule has 162 valence electrons. The molecule has 6 nitrogen and oxygen atoms in total. The molecule has 0 radical (unpaired) electrons. The van der Waals surface area contributed by atoms with Gasteiger partial charge in [-0.2, -0.15) is 0 Å². The minimum absolute atomic E-state index is 0.0515. The molecule has 2 aliphatic carbocycles. The van der Waals surface area contributed by atoms with Crippen molar-refractivity contribution in [3.63, 3.8) is 0 Å². The minimum Gasteiger partial charge on any atom is -0.312 e. The fourth-order valence-electron chi connectivity index (χ4n) is 3.78. The van der Waals surface area contributed by atoms with Crippen molar-refractivity contribution in [3.05, 3.63) is 54.9 Å². The van der Waals surface area contributed by atoms with Gasteiger partial charge in [-0.1, -0.05) is 27.7 Å². The Kier molecular flexibility index (Phi) is 9.99.